The minimum Gasteiger partial charge on any atom is -0.302 e. The average Bonchev–Trinajstić information content (AvgIpc) is 3.24. The lowest BCUT2D eigenvalue weighted by Gasteiger charge is -2.21. The summed E-state index contributed by atoms with van der Waals surface area (Å²) in [4.78, 5) is 9.19. The van der Waals surface area contributed by atoms with Gasteiger partial charge in [0.05, 0.1) is 11.7 Å². The molecule has 5 heteroatoms. The maximum atomic E-state index is 4.20. The van der Waals surface area contributed by atoms with Gasteiger partial charge in [-0.3, -0.25) is 15.0 Å². The number of likely N-dealkylation sites (tertiary alicyclic amines) is 1. The summed E-state index contributed by atoms with van der Waals surface area (Å²) in [5.41, 5.74) is 3.78. The Balaban J connectivity index is 1.29. The van der Waals surface area contributed by atoms with Crippen LogP contribution in [-0.4, -0.2) is 51.7 Å². The Bertz CT molecular complexity index is 813. The zero-order chi connectivity index (χ0) is 17.1. The molecule has 3 heterocycles. The van der Waals surface area contributed by atoms with Crippen LogP contribution in [0.25, 0.3) is 10.9 Å². The van der Waals surface area contributed by atoms with Crippen LogP contribution in [0.3, 0.4) is 0 Å². The maximum Gasteiger partial charge on any atom is 0.0653 e. The van der Waals surface area contributed by atoms with E-state index in [1.165, 1.54) is 36.0 Å². The minimum atomic E-state index is 0.748. The predicted octanol–water partition coefficient (Wildman–Crippen LogP) is 2.91. The van der Waals surface area contributed by atoms with Gasteiger partial charge in [0.1, 0.15) is 0 Å². The first kappa shape index (κ1) is 16.2. The second-order valence-corrected chi connectivity index (χ2v) is 7.24. The fourth-order valence-electron chi connectivity index (χ4n) is 3.85. The van der Waals surface area contributed by atoms with Gasteiger partial charge in [-0.1, -0.05) is 18.2 Å². The molecule has 5 nitrogen and oxygen atoms in total. The minimum absolute atomic E-state index is 0.748. The van der Waals surface area contributed by atoms with Gasteiger partial charge in [0.15, 0.2) is 0 Å². The smallest absolute Gasteiger partial charge is 0.0653 e. The molecule has 0 aliphatic carbocycles. The monoisotopic (exact) mass is 335 g/mol. The van der Waals surface area contributed by atoms with Crippen LogP contribution in [0.4, 0.5) is 0 Å². The van der Waals surface area contributed by atoms with Crippen molar-refractivity contribution >= 4 is 10.9 Å². The average molecular weight is 335 g/mol. The quantitative estimate of drug-likeness (QED) is 0.752. The molecule has 1 atom stereocenters. The zero-order valence-electron chi connectivity index (χ0n) is 14.7. The fraction of sp³-hybridized carbons (Fsp3) is 0.400. The molecule has 0 amide bonds. The standard InChI is InChI=1S/C20H25N5/c1-24(12-17-3-2-7-21-10-17)13-18-6-8-25(15-18)14-16-4-5-19-11-22-23-20(19)9-16/h2-5,7,9-11,18H,6,8,12-15H2,1H3,(H,22,23)/t18-/m0/s1. The summed E-state index contributed by atoms with van der Waals surface area (Å²) in [5, 5.41) is 8.35. The number of hydrogen-bond acceptors (Lipinski definition) is 4. The third-order valence-electron chi connectivity index (χ3n) is 5.03. The first-order valence-electron chi connectivity index (χ1n) is 8.98. The van der Waals surface area contributed by atoms with Gasteiger partial charge in [-0.25, -0.2) is 0 Å². The van der Waals surface area contributed by atoms with E-state index in [0.717, 1.165) is 31.1 Å². The summed E-state index contributed by atoms with van der Waals surface area (Å²) in [5.74, 6) is 0.748. The first-order chi connectivity index (χ1) is 12.3. The van der Waals surface area contributed by atoms with E-state index in [4.69, 9.17) is 0 Å². The number of aromatic amines is 1. The van der Waals surface area contributed by atoms with Gasteiger partial charge in [0, 0.05) is 44.0 Å². The highest BCUT2D eigenvalue weighted by molar-refractivity contribution is 5.78. The number of hydrogen-bond donors (Lipinski definition) is 1. The Morgan fingerprint density at radius 1 is 1.24 bits per heavy atom. The molecule has 130 valence electrons. The van der Waals surface area contributed by atoms with Crippen molar-refractivity contribution < 1.29 is 0 Å². The number of nitrogens with zero attached hydrogens (tertiary/aromatic N) is 4. The zero-order valence-corrected chi connectivity index (χ0v) is 14.7. The van der Waals surface area contributed by atoms with E-state index in [1.807, 2.05) is 24.7 Å². The van der Waals surface area contributed by atoms with E-state index in [9.17, 15) is 0 Å². The molecule has 0 saturated carbocycles. The summed E-state index contributed by atoms with van der Waals surface area (Å²) >= 11 is 0. The molecule has 25 heavy (non-hydrogen) atoms. The van der Waals surface area contributed by atoms with Crippen molar-refractivity contribution in [3.63, 3.8) is 0 Å². The van der Waals surface area contributed by atoms with E-state index >= 15 is 0 Å². The Kier molecular flexibility index (Phi) is 4.76. The second-order valence-electron chi connectivity index (χ2n) is 7.24. The van der Waals surface area contributed by atoms with Gasteiger partial charge in [0.25, 0.3) is 0 Å². The molecular weight excluding hydrogens is 310 g/mol. The molecule has 3 aromatic rings. The molecular formula is C20H25N5. The summed E-state index contributed by atoms with van der Waals surface area (Å²) < 4.78 is 0. The summed E-state index contributed by atoms with van der Waals surface area (Å²) in [6.07, 6.45) is 6.95. The van der Waals surface area contributed by atoms with Crippen molar-refractivity contribution in [1.29, 1.82) is 0 Å². The van der Waals surface area contributed by atoms with Crippen LogP contribution >= 0.6 is 0 Å². The van der Waals surface area contributed by atoms with E-state index in [1.54, 1.807) is 0 Å². The third kappa shape index (κ3) is 4.06. The third-order valence-corrected chi connectivity index (χ3v) is 5.03. The molecule has 2 aromatic heterocycles. The summed E-state index contributed by atoms with van der Waals surface area (Å²) in [6, 6.07) is 10.8. The van der Waals surface area contributed by atoms with Gasteiger partial charge in [-0.05, 0) is 49.2 Å². The van der Waals surface area contributed by atoms with Crippen LogP contribution in [0, 0.1) is 5.92 Å². The molecule has 1 aliphatic heterocycles. The molecule has 0 bridgehead atoms. The number of pyridine rings is 1. The van der Waals surface area contributed by atoms with E-state index in [-0.39, 0.29) is 0 Å². The lowest BCUT2D eigenvalue weighted by Crippen LogP contribution is -2.28. The summed E-state index contributed by atoms with van der Waals surface area (Å²) in [6.45, 7) is 5.51. The Hall–Kier alpha value is -2.24. The Morgan fingerprint density at radius 2 is 2.20 bits per heavy atom. The molecule has 1 N–H and O–H groups in total. The molecule has 1 saturated heterocycles. The van der Waals surface area contributed by atoms with Crippen molar-refractivity contribution in [1.82, 2.24) is 25.0 Å². The normalized spacial score (nSPS) is 18.4. The van der Waals surface area contributed by atoms with Gasteiger partial charge in [0.2, 0.25) is 0 Å². The van der Waals surface area contributed by atoms with Gasteiger partial charge < -0.3 is 4.90 Å². The molecule has 0 unspecified atom stereocenters. The molecule has 0 spiro atoms. The highest BCUT2D eigenvalue weighted by atomic mass is 15.2. The van der Waals surface area contributed by atoms with Crippen LogP contribution in [0.2, 0.25) is 0 Å². The number of benzene rings is 1. The molecule has 0 radical (unpaired) electrons. The number of aromatic nitrogens is 3. The molecule has 1 aromatic carbocycles. The van der Waals surface area contributed by atoms with E-state index in [0.29, 0.717) is 0 Å². The van der Waals surface area contributed by atoms with Crippen LogP contribution in [-0.2, 0) is 13.1 Å². The van der Waals surface area contributed by atoms with Crippen molar-refractivity contribution in [3.05, 3.63) is 60.0 Å². The van der Waals surface area contributed by atoms with Crippen molar-refractivity contribution in [2.75, 3.05) is 26.7 Å². The predicted molar refractivity (Wildman–Crippen MR) is 100 cm³/mol. The lowest BCUT2D eigenvalue weighted by atomic mass is 10.1. The second kappa shape index (κ2) is 7.33. The largest absolute Gasteiger partial charge is 0.302 e. The molecule has 4 rings (SSSR count). The fourth-order valence-corrected chi connectivity index (χ4v) is 3.85. The molecule has 1 fully saturated rings. The topological polar surface area (TPSA) is 48.1 Å². The van der Waals surface area contributed by atoms with Crippen LogP contribution in [0.1, 0.15) is 17.5 Å². The van der Waals surface area contributed by atoms with Gasteiger partial charge in [-0.15, -0.1) is 0 Å². The van der Waals surface area contributed by atoms with Crippen molar-refractivity contribution in [3.8, 4) is 0 Å². The van der Waals surface area contributed by atoms with Crippen molar-refractivity contribution in [2.24, 2.45) is 5.92 Å². The Labute approximate surface area is 148 Å². The van der Waals surface area contributed by atoms with Crippen LogP contribution in [0.15, 0.2) is 48.9 Å². The summed E-state index contributed by atoms with van der Waals surface area (Å²) in [7, 11) is 2.21. The van der Waals surface area contributed by atoms with E-state index < -0.39 is 0 Å². The lowest BCUT2D eigenvalue weighted by molar-refractivity contribution is 0.254. The number of fused-ring (bicyclic) bond motifs is 1. The van der Waals surface area contributed by atoms with Crippen LogP contribution in [0.5, 0.6) is 0 Å². The maximum absolute atomic E-state index is 4.20. The first-order valence-corrected chi connectivity index (χ1v) is 8.98. The van der Waals surface area contributed by atoms with Gasteiger partial charge >= 0.3 is 0 Å². The SMILES string of the molecule is CN(Cc1cccnc1)C[C@@H]1CCN(Cc2ccc3cn[nH]c3c2)C1. The highest BCUT2D eigenvalue weighted by Crippen LogP contribution is 2.21. The molecule has 1 aliphatic rings. The number of nitrogens with one attached hydrogen (secondary N) is 1. The van der Waals surface area contributed by atoms with Crippen molar-refractivity contribution in [2.45, 2.75) is 19.5 Å². The number of rotatable bonds is 6. The number of H-pyrrole nitrogens is 1. The highest BCUT2D eigenvalue weighted by Gasteiger charge is 2.23. The van der Waals surface area contributed by atoms with Crippen LogP contribution < -0.4 is 0 Å². The van der Waals surface area contributed by atoms with Gasteiger partial charge in [-0.2, -0.15) is 5.10 Å². The Morgan fingerprint density at radius 3 is 3.08 bits per heavy atom. The van der Waals surface area contributed by atoms with E-state index in [2.05, 4.69) is 56.3 Å².